The third-order valence-corrected chi connectivity index (χ3v) is 4.35. The first kappa shape index (κ1) is 13.1. The smallest absolute Gasteiger partial charge is 0.212 e. The van der Waals surface area contributed by atoms with Crippen LogP contribution < -0.4 is 0 Å². The Bertz CT molecular complexity index is 471. The summed E-state index contributed by atoms with van der Waals surface area (Å²) < 4.78 is 37.3. The summed E-state index contributed by atoms with van der Waals surface area (Å²) in [6.45, 7) is 3.63. The molecule has 0 radical (unpaired) electrons. The molecule has 0 saturated carbocycles. The number of rotatable bonds is 4. The molecule has 0 fully saturated rings. The number of benzene rings is 1. The summed E-state index contributed by atoms with van der Waals surface area (Å²) in [4.78, 5) is 0. The molecule has 5 heteroatoms. The highest BCUT2D eigenvalue weighted by Gasteiger charge is 2.16. The molecular weight excluding hydrogens is 229 g/mol. The van der Waals surface area contributed by atoms with Gasteiger partial charge in [-0.2, -0.15) is 0 Å². The second-order valence-electron chi connectivity index (χ2n) is 3.73. The van der Waals surface area contributed by atoms with Gasteiger partial charge in [-0.25, -0.2) is 17.1 Å². The van der Waals surface area contributed by atoms with Crippen LogP contribution in [0.4, 0.5) is 4.39 Å². The van der Waals surface area contributed by atoms with Crippen LogP contribution in [0.5, 0.6) is 0 Å². The summed E-state index contributed by atoms with van der Waals surface area (Å²) in [6.07, 6.45) is 0. The molecule has 1 aromatic carbocycles. The molecule has 0 aromatic heterocycles. The van der Waals surface area contributed by atoms with Crippen LogP contribution in [0.25, 0.3) is 0 Å². The molecular formula is C11H16FNO2S. The van der Waals surface area contributed by atoms with Crippen LogP contribution >= 0.6 is 0 Å². The molecule has 0 N–H and O–H groups in total. The van der Waals surface area contributed by atoms with Gasteiger partial charge in [-0.05, 0) is 37.1 Å². The Hall–Kier alpha value is -0.940. The lowest BCUT2D eigenvalue weighted by Crippen LogP contribution is -2.28. The molecule has 0 amide bonds. The third-order valence-electron chi connectivity index (χ3n) is 2.54. The third kappa shape index (κ3) is 3.02. The Labute approximate surface area is 95.9 Å². The van der Waals surface area contributed by atoms with Gasteiger partial charge in [-0.15, -0.1) is 0 Å². The van der Waals surface area contributed by atoms with E-state index in [0.717, 1.165) is 5.56 Å². The van der Waals surface area contributed by atoms with E-state index in [2.05, 4.69) is 0 Å². The summed E-state index contributed by atoms with van der Waals surface area (Å²) in [5, 5.41) is 0. The molecule has 0 heterocycles. The Balaban J connectivity index is 2.93. The quantitative estimate of drug-likeness (QED) is 0.812. The largest absolute Gasteiger partial charge is 0.213 e. The van der Waals surface area contributed by atoms with E-state index >= 15 is 0 Å². The molecule has 16 heavy (non-hydrogen) atoms. The first-order valence-corrected chi connectivity index (χ1v) is 6.66. The number of nitrogens with zero attached hydrogens (tertiary/aromatic N) is 1. The molecule has 0 aliphatic rings. The van der Waals surface area contributed by atoms with E-state index in [1.807, 2.05) is 6.92 Å². The average molecular weight is 245 g/mol. The van der Waals surface area contributed by atoms with Gasteiger partial charge in [0.25, 0.3) is 0 Å². The fraction of sp³-hybridized carbons (Fsp3) is 0.455. The number of hydrogen-bond acceptors (Lipinski definition) is 2. The Morgan fingerprint density at radius 1 is 1.38 bits per heavy atom. The summed E-state index contributed by atoms with van der Waals surface area (Å²) in [7, 11) is -1.71. The number of sulfonamides is 1. The summed E-state index contributed by atoms with van der Waals surface area (Å²) in [5.74, 6) is -0.291. The van der Waals surface area contributed by atoms with E-state index in [4.69, 9.17) is 0 Å². The minimum absolute atomic E-state index is 0.0534. The van der Waals surface area contributed by atoms with Crippen LogP contribution in [0.15, 0.2) is 18.2 Å². The van der Waals surface area contributed by atoms with E-state index in [9.17, 15) is 12.8 Å². The van der Waals surface area contributed by atoms with Crippen LogP contribution in [0, 0.1) is 12.7 Å². The van der Waals surface area contributed by atoms with Crippen molar-refractivity contribution in [2.45, 2.75) is 20.4 Å². The highest BCUT2D eigenvalue weighted by atomic mass is 32.2. The van der Waals surface area contributed by atoms with Crippen molar-refractivity contribution in [2.24, 2.45) is 0 Å². The highest BCUT2D eigenvalue weighted by molar-refractivity contribution is 7.89. The molecule has 0 aliphatic carbocycles. The van der Waals surface area contributed by atoms with Crippen LogP contribution in [-0.4, -0.2) is 25.5 Å². The van der Waals surface area contributed by atoms with Crippen LogP contribution in [0.2, 0.25) is 0 Å². The van der Waals surface area contributed by atoms with Gasteiger partial charge in [0.1, 0.15) is 5.82 Å². The highest BCUT2D eigenvalue weighted by Crippen LogP contribution is 2.14. The molecule has 0 saturated heterocycles. The van der Waals surface area contributed by atoms with Crippen molar-refractivity contribution >= 4 is 10.0 Å². The lowest BCUT2D eigenvalue weighted by molar-refractivity contribution is 0.465. The van der Waals surface area contributed by atoms with Crippen molar-refractivity contribution in [1.82, 2.24) is 4.31 Å². The van der Waals surface area contributed by atoms with E-state index < -0.39 is 10.0 Å². The van der Waals surface area contributed by atoms with Crippen molar-refractivity contribution in [3.8, 4) is 0 Å². The average Bonchev–Trinajstić information content (AvgIpc) is 2.23. The molecule has 0 spiro atoms. The van der Waals surface area contributed by atoms with Crippen LogP contribution in [0.1, 0.15) is 18.1 Å². The lowest BCUT2D eigenvalue weighted by atomic mass is 10.1. The zero-order valence-electron chi connectivity index (χ0n) is 9.70. The van der Waals surface area contributed by atoms with Gasteiger partial charge < -0.3 is 0 Å². The Kier molecular flexibility index (Phi) is 4.04. The van der Waals surface area contributed by atoms with Gasteiger partial charge in [0, 0.05) is 13.6 Å². The normalized spacial score (nSPS) is 12.1. The van der Waals surface area contributed by atoms with Gasteiger partial charge in [0.2, 0.25) is 10.0 Å². The van der Waals surface area contributed by atoms with Gasteiger partial charge in [0.05, 0.1) is 5.75 Å². The molecule has 0 atom stereocenters. The van der Waals surface area contributed by atoms with Crippen molar-refractivity contribution in [3.05, 3.63) is 35.1 Å². The maximum atomic E-state index is 13.0. The molecule has 0 aliphatic heterocycles. The topological polar surface area (TPSA) is 37.4 Å². The summed E-state index contributed by atoms with van der Waals surface area (Å²) >= 11 is 0. The van der Waals surface area contributed by atoms with E-state index in [1.165, 1.54) is 23.5 Å². The summed E-state index contributed by atoms with van der Waals surface area (Å²) in [5.41, 5.74) is 1.58. The fourth-order valence-corrected chi connectivity index (χ4v) is 2.15. The maximum Gasteiger partial charge on any atom is 0.213 e. The summed E-state index contributed by atoms with van der Waals surface area (Å²) in [6, 6.07) is 4.39. The Morgan fingerprint density at radius 2 is 2.00 bits per heavy atom. The minimum atomic E-state index is -3.22. The predicted molar refractivity (Wildman–Crippen MR) is 62.1 cm³/mol. The first-order valence-electron chi connectivity index (χ1n) is 5.06. The zero-order valence-corrected chi connectivity index (χ0v) is 10.5. The number of halogens is 1. The first-order chi connectivity index (χ1) is 7.36. The number of aryl methyl sites for hydroxylation is 1. The molecule has 3 nitrogen and oxygen atoms in total. The zero-order chi connectivity index (χ0) is 12.3. The van der Waals surface area contributed by atoms with Crippen LogP contribution in [0.3, 0.4) is 0 Å². The lowest BCUT2D eigenvalue weighted by Gasteiger charge is -2.17. The second-order valence-corrected chi connectivity index (χ2v) is 6.09. The van der Waals surface area contributed by atoms with Gasteiger partial charge in [-0.3, -0.25) is 0 Å². The molecule has 1 aromatic rings. The number of hydrogen-bond donors (Lipinski definition) is 0. The standard InChI is InChI=1S/C11H16FNO2S/c1-4-16(14,15)13(3)8-10-7-11(12)6-5-9(10)2/h5-7H,4,8H2,1-3H3. The van der Waals surface area contributed by atoms with Crippen molar-refractivity contribution in [1.29, 1.82) is 0 Å². The molecule has 1 rings (SSSR count). The molecule has 0 unspecified atom stereocenters. The molecule has 90 valence electrons. The minimum Gasteiger partial charge on any atom is -0.212 e. The van der Waals surface area contributed by atoms with E-state index in [0.29, 0.717) is 5.56 Å². The monoisotopic (exact) mass is 245 g/mol. The predicted octanol–water partition coefficient (Wildman–Crippen LogP) is 1.92. The molecule has 0 bridgehead atoms. The van der Waals surface area contributed by atoms with Crippen LogP contribution in [-0.2, 0) is 16.6 Å². The van der Waals surface area contributed by atoms with Gasteiger partial charge in [-0.1, -0.05) is 6.07 Å². The maximum absolute atomic E-state index is 13.0. The van der Waals surface area contributed by atoms with Crippen molar-refractivity contribution in [2.75, 3.05) is 12.8 Å². The second kappa shape index (κ2) is 4.93. The van der Waals surface area contributed by atoms with Gasteiger partial charge >= 0.3 is 0 Å². The van der Waals surface area contributed by atoms with E-state index in [-0.39, 0.29) is 18.1 Å². The van der Waals surface area contributed by atoms with E-state index in [1.54, 1.807) is 13.0 Å². The Morgan fingerprint density at radius 3 is 2.56 bits per heavy atom. The fourth-order valence-electron chi connectivity index (χ4n) is 1.37. The van der Waals surface area contributed by atoms with Crippen molar-refractivity contribution < 1.29 is 12.8 Å². The van der Waals surface area contributed by atoms with Crippen molar-refractivity contribution in [3.63, 3.8) is 0 Å². The SMILES string of the molecule is CCS(=O)(=O)N(C)Cc1cc(F)ccc1C. The van der Waals surface area contributed by atoms with Gasteiger partial charge in [0.15, 0.2) is 0 Å².